The van der Waals surface area contributed by atoms with Crippen LogP contribution in [0.15, 0.2) is 0 Å². The standard InChI is InChI=1S/C16H30O4S2/c1-5-7-9-20-16(18)13(3)12-22-14(8-10-21-4)11-15(17)19-6-2/h13-14H,5-12H2,1-4H3. The van der Waals surface area contributed by atoms with Crippen molar-refractivity contribution < 1.29 is 19.1 Å². The molecule has 2 unspecified atom stereocenters. The summed E-state index contributed by atoms with van der Waals surface area (Å²) in [5.74, 6) is 1.26. The van der Waals surface area contributed by atoms with E-state index < -0.39 is 0 Å². The lowest BCUT2D eigenvalue weighted by Gasteiger charge is -2.17. The molecule has 0 N–H and O–H groups in total. The summed E-state index contributed by atoms with van der Waals surface area (Å²) in [6.45, 7) is 6.69. The lowest BCUT2D eigenvalue weighted by molar-refractivity contribution is -0.147. The average molecular weight is 351 g/mol. The molecule has 4 nitrogen and oxygen atoms in total. The van der Waals surface area contributed by atoms with Crippen LogP contribution < -0.4 is 0 Å². The topological polar surface area (TPSA) is 52.6 Å². The second-order valence-electron chi connectivity index (χ2n) is 5.17. The molecule has 0 amide bonds. The first-order chi connectivity index (χ1) is 10.5. The van der Waals surface area contributed by atoms with Crippen molar-refractivity contribution in [2.24, 2.45) is 5.92 Å². The third-order valence-corrected chi connectivity index (χ3v) is 5.28. The van der Waals surface area contributed by atoms with Gasteiger partial charge in [0.25, 0.3) is 0 Å². The second kappa shape index (κ2) is 14.2. The van der Waals surface area contributed by atoms with Gasteiger partial charge in [0.15, 0.2) is 0 Å². The molecule has 0 aromatic rings. The Kier molecular flexibility index (Phi) is 14.0. The zero-order chi connectivity index (χ0) is 16.8. The molecule has 0 aliphatic heterocycles. The van der Waals surface area contributed by atoms with Crippen LogP contribution in [0, 0.1) is 5.92 Å². The van der Waals surface area contributed by atoms with E-state index >= 15 is 0 Å². The van der Waals surface area contributed by atoms with E-state index in [2.05, 4.69) is 13.2 Å². The van der Waals surface area contributed by atoms with Crippen molar-refractivity contribution in [2.45, 2.75) is 51.7 Å². The molecule has 0 radical (unpaired) electrons. The number of carbonyl (C=O) groups excluding carboxylic acids is 2. The predicted octanol–water partition coefficient (Wildman–Crippen LogP) is 3.77. The van der Waals surface area contributed by atoms with Gasteiger partial charge in [0.2, 0.25) is 0 Å². The first kappa shape index (κ1) is 21.6. The van der Waals surface area contributed by atoms with E-state index in [0.717, 1.165) is 25.0 Å². The Hall–Kier alpha value is -0.360. The summed E-state index contributed by atoms with van der Waals surface area (Å²) in [6, 6.07) is 0. The third-order valence-electron chi connectivity index (χ3n) is 3.07. The number of hydrogen-bond donors (Lipinski definition) is 0. The van der Waals surface area contributed by atoms with E-state index in [-0.39, 0.29) is 23.1 Å². The summed E-state index contributed by atoms with van der Waals surface area (Å²) in [6.07, 6.45) is 5.34. The molecule has 0 bridgehead atoms. The summed E-state index contributed by atoms with van der Waals surface area (Å²) in [7, 11) is 0. The molecule has 2 atom stereocenters. The summed E-state index contributed by atoms with van der Waals surface area (Å²) < 4.78 is 10.3. The monoisotopic (exact) mass is 350 g/mol. The zero-order valence-corrected chi connectivity index (χ0v) is 15.9. The van der Waals surface area contributed by atoms with E-state index in [1.54, 1.807) is 23.5 Å². The van der Waals surface area contributed by atoms with Crippen molar-refractivity contribution in [1.82, 2.24) is 0 Å². The van der Waals surface area contributed by atoms with Crippen molar-refractivity contribution >= 4 is 35.5 Å². The maximum atomic E-state index is 11.8. The van der Waals surface area contributed by atoms with Gasteiger partial charge in [0.05, 0.1) is 25.6 Å². The fourth-order valence-corrected chi connectivity index (χ4v) is 3.61. The first-order valence-electron chi connectivity index (χ1n) is 7.97. The normalized spacial score (nSPS) is 13.5. The Bertz CT molecular complexity index is 311. The third kappa shape index (κ3) is 11.2. The Balaban J connectivity index is 4.17. The highest BCUT2D eigenvalue weighted by Crippen LogP contribution is 2.23. The molecule has 130 valence electrons. The van der Waals surface area contributed by atoms with Crippen LogP contribution in [0.3, 0.4) is 0 Å². The van der Waals surface area contributed by atoms with Crippen molar-refractivity contribution in [3.8, 4) is 0 Å². The van der Waals surface area contributed by atoms with Crippen LogP contribution in [0.5, 0.6) is 0 Å². The zero-order valence-electron chi connectivity index (χ0n) is 14.3. The minimum absolute atomic E-state index is 0.138. The van der Waals surface area contributed by atoms with Crippen molar-refractivity contribution in [1.29, 1.82) is 0 Å². The highest BCUT2D eigenvalue weighted by atomic mass is 32.2. The molecule has 0 heterocycles. The molecule has 0 aromatic carbocycles. The molecule has 0 aliphatic rings. The number of unbranched alkanes of at least 4 members (excludes halogenated alkanes) is 1. The van der Waals surface area contributed by atoms with Crippen LogP contribution in [0.25, 0.3) is 0 Å². The van der Waals surface area contributed by atoms with Crippen molar-refractivity contribution in [3.05, 3.63) is 0 Å². The quantitative estimate of drug-likeness (QED) is 0.372. The molecule has 22 heavy (non-hydrogen) atoms. The Morgan fingerprint density at radius 3 is 2.50 bits per heavy atom. The van der Waals surface area contributed by atoms with Crippen LogP contribution in [-0.4, -0.2) is 48.2 Å². The maximum absolute atomic E-state index is 11.8. The van der Waals surface area contributed by atoms with Gasteiger partial charge in [-0.3, -0.25) is 9.59 Å². The van der Waals surface area contributed by atoms with Gasteiger partial charge in [0, 0.05) is 11.0 Å². The molecule has 0 aliphatic carbocycles. The average Bonchev–Trinajstić information content (AvgIpc) is 2.49. The second-order valence-corrected chi connectivity index (χ2v) is 7.49. The number of carbonyl (C=O) groups is 2. The highest BCUT2D eigenvalue weighted by Gasteiger charge is 2.20. The van der Waals surface area contributed by atoms with Crippen LogP contribution in [0.4, 0.5) is 0 Å². The molecular formula is C16H30O4S2. The minimum Gasteiger partial charge on any atom is -0.466 e. The number of rotatable bonds is 13. The van der Waals surface area contributed by atoms with Gasteiger partial charge in [-0.1, -0.05) is 20.3 Å². The van der Waals surface area contributed by atoms with Crippen LogP contribution in [-0.2, 0) is 19.1 Å². The molecule has 6 heteroatoms. The van der Waals surface area contributed by atoms with E-state index in [1.165, 1.54) is 0 Å². The molecule has 0 spiro atoms. The summed E-state index contributed by atoms with van der Waals surface area (Å²) in [5.41, 5.74) is 0. The fraction of sp³-hybridized carbons (Fsp3) is 0.875. The number of esters is 2. The van der Waals surface area contributed by atoms with Crippen LogP contribution in [0.1, 0.15) is 46.5 Å². The lowest BCUT2D eigenvalue weighted by Crippen LogP contribution is -2.20. The number of hydrogen-bond acceptors (Lipinski definition) is 6. The van der Waals surface area contributed by atoms with E-state index in [9.17, 15) is 9.59 Å². The van der Waals surface area contributed by atoms with Gasteiger partial charge >= 0.3 is 11.9 Å². The molecular weight excluding hydrogens is 320 g/mol. The van der Waals surface area contributed by atoms with Gasteiger partial charge in [-0.05, 0) is 31.8 Å². The molecule has 0 fully saturated rings. The SMILES string of the molecule is CCCCOC(=O)C(C)CSC(CCSC)CC(=O)OCC. The van der Waals surface area contributed by atoms with E-state index in [1.807, 2.05) is 13.8 Å². The molecule has 0 rings (SSSR count). The van der Waals surface area contributed by atoms with Gasteiger partial charge in [-0.2, -0.15) is 23.5 Å². The van der Waals surface area contributed by atoms with Gasteiger partial charge < -0.3 is 9.47 Å². The lowest BCUT2D eigenvalue weighted by atomic mass is 10.2. The van der Waals surface area contributed by atoms with Gasteiger partial charge in [-0.25, -0.2) is 0 Å². The smallest absolute Gasteiger partial charge is 0.309 e. The van der Waals surface area contributed by atoms with Crippen LogP contribution in [0.2, 0.25) is 0 Å². The Labute approximate surface area is 143 Å². The molecule has 0 aromatic heterocycles. The Morgan fingerprint density at radius 1 is 1.18 bits per heavy atom. The Morgan fingerprint density at radius 2 is 1.91 bits per heavy atom. The maximum Gasteiger partial charge on any atom is 0.309 e. The van der Waals surface area contributed by atoms with E-state index in [0.29, 0.717) is 25.4 Å². The minimum atomic E-state index is -0.153. The summed E-state index contributed by atoms with van der Waals surface area (Å²) >= 11 is 3.44. The largest absolute Gasteiger partial charge is 0.466 e. The van der Waals surface area contributed by atoms with Gasteiger partial charge in [0.1, 0.15) is 0 Å². The number of thioether (sulfide) groups is 2. The van der Waals surface area contributed by atoms with Crippen molar-refractivity contribution in [3.63, 3.8) is 0 Å². The summed E-state index contributed by atoms with van der Waals surface area (Å²) in [5, 5.41) is 0.206. The predicted molar refractivity (Wildman–Crippen MR) is 95.5 cm³/mol. The van der Waals surface area contributed by atoms with E-state index in [4.69, 9.17) is 9.47 Å². The summed E-state index contributed by atoms with van der Waals surface area (Å²) in [4.78, 5) is 23.5. The molecule has 0 saturated heterocycles. The van der Waals surface area contributed by atoms with Crippen LogP contribution >= 0.6 is 23.5 Å². The molecule has 0 saturated carbocycles. The fourth-order valence-electron chi connectivity index (χ4n) is 1.71. The van der Waals surface area contributed by atoms with Crippen molar-refractivity contribution in [2.75, 3.05) is 31.0 Å². The van der Waals surface area contributed by atoms with Gasteiger partial charge in [-0.15, -0.1) is 0 Å². The highest BCUT2D eigenvalue weighted by molar-refractivity contribution is 8.00. The first-order valence-corrected chi connectivity index (χ1v) is 10.4. The number of ether oxygens (including phenoxy) is 2.